The van der Waals surface area contributed by atoms with Gasteiger partial charge in [0, 0.05) is 6.42 Å². The first-order chi connectivity index (χ1) is 17.0. The van der Waals surface area contributed by atoms with E-state index in [9.17, 15) is 29.1 Å². The summed E-state index contributed by atoms with van der Waals surface area (Å²) < 4.78 is 0. The highest BCUT2D eigenvalue weighted by atomic mass is 16.4. The Morgan fingerprint density at radius 3 is 2.00 bits per heavy atom. The van der Waals surface area contributed by atoms with Crippen LogP contribution in [0.4, 0.5) is 0 Å². The fraction of sp³-hybridized carbons (Fsp3) is 0.542. The zero-order valence-electron chi connectivity index (χ0n) is 20.6. The van der Waals surface area contributed by atoms with Gasteiger partial charge in [0.05, 0.1) is 12.5 Å². The lowest BCUT2D eigenvalue weighted by atomic mass is 10.00. The fourth-order valence-electron chi connectivity index (χ4n) is 3.42. The molecule has 9 N–H and O–H groups in total. The van der Waals surface area contributed by atoms with Crippen LogP contribution < -0.4 is 27.4 Å². The topological polar surface area (TPSA) is 214 Å². The van der Waals surface area contributed by atoms with Crippen LogP contribution in [0.5, 0.6) is 0 Å². The van der Waals surface area contributed by atoms with Crippen LogP contribution in [0.25, 0.3) is 0 Å². The van der Waals surface area contributed by atoms with Crippen LogP contribution in [-0.4, -0.2) is 70.6 Å². The number of carboxylic acids is 2. The molecule has 0 radical (unpaired) electrons. The fourth-order valence-corrected chi connectivity index (χ4v) is 3.42. The maximum atomic E-state index is 13.1. The summed E-state index contributed by atoms with van der Waals surface area (Å²) in [7, 11) is 0. The van der Waals surface area contributed by atoms with Crippen LogP contribution in [0.3, 0.4) is 0 Å². The van der Waals surface area contributed by atoms with Gasteiger partial charge in [-0.15, -0.1) is 0 Å². The quantitative estimate of drug-likeness (QED) is 0.141. The second-order valence-electron chi connectivity index (χ2n) is 8.87. The summed E-state index contributed by atoms with van der Waals surface area (Å²) >= 11 is 0. The maximum Gasteiger partial charge on any atom is 0.326 e. The van der Waals surface area contributed by atoms with Crippen LogP contribution in [0, 0.1) is 5.92 Å². The predicted molar refractivity (Wildman–Crippen MR) is 132 cm³/mol. The highest BCUT2D eigenvalue weighted by Gasteiger charge is 2.32. The van der Waals surface area contributed by atoms with Gasteiger partial charge in [-0.25, -0.2) is 4.79 Å². The van der Waals surface area contributed by atoms with Crippen molar-refractivity contribution in [2.24, 2.45) is 17.4 Å². The lowest BCUT2D eigenvalue weighted by Crippen LogP contribution is -2.59. The molecule has 12 nitrogen and oxygen atoms in total. The van der Waals surface area contributed by atoms with E-state index >= 15 is 0 Å². The van der Waals surface area contributed by atoms with Gasteiger partial charge in [0.15, 0.2) is 0 Å². The minimum atomic E-state index is -1.36. The molecule has 1 aromatic rings. The van der Waals surface area contributed by atoms with Crippen molar-refractivity contribution in [2.45, 2.75) is 70.1 Å². The molecule has 0 bridgehead atoms. The van der Waals surface area contributed by atoms with Gasteiger partial charge < -0.3 is 37.6 Å². The van der Waals surface area contributed by atoms with Crippen LogP contribution in [0.1, 0.15) is 45.1 Å². The number of nitrogens with two attached hydrogens (primary N) is 2. The number of unbranched alkanes of at least 4 members (excludes halogenated alkanes) is 1. The summed E-state index contributed by atoms with van der Waals surface area (Å²) in [6.45, 7) is 3.72. The van der Waals surface area contributed by atoms with Gasteiger partial charge >= 0.3 is 11.9 Å². The number of hydrogen-bond donors (Lipinski definition) is 7. The summed E-state index contributed by atoms with van der Waals surface area (Å²) in [6, 6.07) is 4.08. The van der Waals surface area contributed by atoms with Crippen molar-refractivity contribution in [3.63, 3.8) is 0 Å². The molecule has 4 atom stereocenters. The maximum absolute atomic E-state index is 13.1. The van der Waals surface area contributed by atoms with Crippen molar-refractivity contribution in [3.8, 4) is 0 Å². The third kappa shape index (κ3) is 10.8. The van der Waals surface area contributed by atoms with Crippen molar-refractivity contribution in [1.82, 2.24) is 16.0 Å². The van der Waals surface area contributed by atoms with Gasteiger partial charge in [-0.1, -0.05) is 44.2 Å². The number of benzene rings is 1. The Bertz CT molecular complexity index is 894. The Hall–Kier alpha value is -3.51. The molecule has 0 saturated heterocycles. The molecule has 0 unspecified atom stereocenters. The molecule has 1 rings (SSSR count). The van der Waals surface area contributed by atoms with Crippen molar-refractivity contribution in [1.29, 1.82) is 0 Å². The lowest BCUT2D eigenvalue weighted by Gasteiger charge is -2.27. The van der Waals surface area contributed by atoms with E-state index in [0.717, 1.165) is 5.56 Å². The minimum absolute atomic E-state index is 0.0742. The van der Waals surface area contributed by atoms with Gasteiger partial charge in [0.25, 0.3) is 0 Å². The van der Waals surface area contributed by atoms with Gasteiger partial charge in [0.2, 0.25) is 17.7 Å². The third-order valence-electron chi connectivity index (χ3n) is 5.46. The molecule has 0 aliphatic rings. The number of nitrogens with one attached hydrogen (secondary N) is 3. The van der Waals surface area contributed by atoms with Gasteiger partial charge in [0.1, 0.15) is 18.1 Å². The molecule has 0 saturated carbocycles. The molecule has 0 heterocycles. The van der Waals surface area contributed by atoms with Crippen LogP contribution in [0.15, 0.2) is 30.3 Å². The molecule has 0 aliphatic heterocycles. The highest BCUT2D eigenvalue weighted by molar-refractivity contribution is 5.95. The van der Waals surface area contributed by atoms with E-state index < -0.39 is 66.2 Å². The first-order valence-electron chi connectivity index (χ1n) is 11.8. The Labute approximate surface area is 210 Å². The van der Waals surface area contributed by atoms with Crippen LogP contribution in [0.2, 0.25) is 0 Å². The molecule has 1 aromatic carbocycles. The molecule has 36 heavy (non-hydrogen) atoms. The first kappa shape index (κ1) is 30.5. The zero-order chi connectivity index (χ0) is 27.3. The largest absolute Gasteiger partial charge is 0.481 e. The normalized spacial score (nSPS) is 14.2. The van der Waals surface area contributed by atoms with Gasteiger partial charge in [-0.3, -0.25) is 19.2 Å². The van der Waals surface area contributed by atoms with E-state index in [1.165, 1.54) is 0 Å². The molecule has 0 aromatic heterocycles. The number of carboxylic acid groups (broad SMARTS) is 2. The molecule has 3 amide bonds. The predicted octanol–water partition coefficient (Wildman–Crippen LogP) is -0.645. The molecule has 0 spiro atoms. The van der Waals surface area contributed by atoms with Gasteiger partial charge in [-0.2, -0.15) is 0 Å². The zero-order valence-corrected chi connectivity index (χ0v) is 20.6. The number of aliphatic carboxylic acids is 2. The lowest BCUT2D eigenvalue weighted by molar-refractivity contribution is -0.142. The Balaban J connectivity index is 3.06. The molecule has 0 fully saturated rings. The first-order valence-corrected chi connectivity index (χ1v) is 11.8. The second kappa shape index (κ2) is 15.5. The molecule has 12 heteroatoms. The van der Waals surface area contributed by atoms with Crippen molar-refractivity contribution in [3.05, 3.63) is 35.9 Å². The van der Waals surface area contributed by atoms with E-state index in [-0.39, 0.29) is 12.8 Å². The number of carbonyl (C=O) groups excluding carboxylic acids is 3. The molecule has 200 valence electrons. The Kier molecular flexibility index (Phi) is 13.1. The van der Waals surface area contributed by atoms with Gasteiger partial charge in [-0.05, 0) is 37.3 Å². The monoisotopic (exact) mass is 507 g/mol. The van der Waals surface area contributed by atoms with E-state index in [1.807, 2.05) is 0 Å². The number of amides is 3. The number of hydrogen-bond acceptors (Lipinski definition) is 7. The van der Waals surface area contributed by atoms with Crippen molar-refractivity contribution >= 4 is 29.7 Å². The Morgan fingerprint density at radius 2 is 1.47 bits per heavy atom. The number of carbonyl (C=O) groups is 5. The minimum Gasteiger partial charge on any atom is -0.481 e. The van der Waals surface area contributed by atoms with Crippen LogP contribution >= 0.6 is 0 Å². The highest BCUT2D eigenvalue weighted by Crippen LogP contribution is 2.09. The summed E-state index contributed by atoms with van der Waals surface area (Å²) in [5, 5.41) is 25.9. The summed E-state index contributed by atoms with van der Waals surface area (Å²) in [5.41, 5.74) is 11.8. The Morgan fingerprint density at radius 1 is 0.861 bits per heavy atom. The second-order valence-corrected chi connectivity index (χ2v) is 8.87. The summed E-state index contributed by atoms with van der Waals surface area (Å²) in [4.78, 5) is 61.0. The summed E-state index contributed by atoms with van der Waals surface area (Å²) in [6.07, 6.45) is 0.740. The van der Waals surface area contributed by atoms with E-state index in [4.69, 9.17) is 16.6 Å². The molecule has 0 aliphatic carbocycles. The smallest absolute Gasteiger partial charge is 0.326 e. The van der Waals surface area contributed by atoms with E-state index in [1.54, 1.807) is 44.2 Å². The van der Waals surface area contributed by atoms with E-state index in [0.29, 0.717) is 19.4 Å². The average molecular weight is 508 g/mol. The van der Waals surface area contributed by atoms with E-state index in [2.05, 4.69) is 16.0 Å². The average Bonchev–Trinajstić information content (AvgIpc) is 2.81. The van der Waals surface area contributed by atoms with Crippen LogP contribution in [-0.2, 0) is 30.4 Å². The van der Waals surface area contributed by atoms with Crippen molar-refractivity contribution < 1.29 is 34.2 Å². The molecular weight excluding hydrogens is 470 g/mol. The summed E-state index contributed by atoms with van der Waals surface area (Å²) in [5.74, 6) is -5.08. The third-order valence-corrected chi connectivity index (χ3v) is 5.46. The number of rotatable bonds is 16. The van der Waals surface area contributed by atoms with Crippen molar-refractivity contribution in [2.75, 3.05) is 6.54 Å². The standard InChI is InChI=1S/C24H37N5O7/c1-14(2)20(29-21(32)16(26)13-19(30)31)23(34)28-18(12-15-8-4-3-5-9-15)22(33)27-17(24(35)36)10-6-7-11-25/h3-5,8-9,14,16-18,20H,6-7,10-13,25-26H2,1-2H3,(H,27,33)(H,28,34)(H,29,32)(H,30,31)(H,35,36)/t16-,17-,18-,20-/m0/s1. The molecular formula is C24H37N5O7. The SMILES string of the molecule is CC(C)[C@H](NC(=O)[C@@H](N)CC(=O)O)C(=O)N[C@@H](Cc1ccccc1)C(=O)N[C@@H](CCCCN)C(=O)O.